The molecule has 1 aromatic carbocycles. The number of benzene rings is 1. The van der Waals surface area contributed by atoms with Gasteiger partial charge in [-0.3, -0.25) is 4.79 Å². The number of furan rings is 1. The maximum Gasteiger partial charge on any atom is 0.223 e. The second kappa shape index (κ2) is 7.17. The van der Waals surface area contributed by atoms with Gasteiger partial charge in [0.05, 0.1) is 24.4 Å². The molecular formula is C19H20N2O3. The van der Waals surface area contributed by atoms with Crippen LogP contribution >= 0.6 is 0 Å². The van der Waals surface area contributed by atoms with Crippen LogP contribution in [0.3, 0.4) is 0 Å². The Morgan fingerprint density at radius 2 is 2.00 bits per heavy atom. The van der Waals surface area contributed by atoms with E-state index in [1.165, 1.54) is 0 Å². The fourth-order valence-corrected chi connectivity index (χ4v) is 2.70. The summed E-state index contributed by atoms with van der Waals surface area (Å²) in [6.07, 6.45) is 1.97. The van der Waals surface area contributed by atoms with Gasteiger partial charge in [-0.1, -0.05) is 35.5 Å². The summed E-state index contributed by atoms with van der Waals surface area (Å²) in [4.78, 5) is 14.3. The van der Waals surface area contributed by atoms with E-state index in [4.69, 9.17) is 8.94 Å². The van der Waals surface area contributed by atoms with Gasteiger partial charge in [-0.25, -0.2) is 0 Å². The Kier molecular flexibility index (Phi) is 4.79. The number of rotatable bonds is 6. The minimum absolute atomic E-state index is 0.0225. The normalized spacial score (nSPS) is 12.1. The third-order valence-electron chi connectivity index (χ3n) is 3.96. The second-order valence-corrected chi connectivity index (χ2v) is 5.87. The van der Waals surface area contributed by atoms with Gasteiger partial charge in [-0.05, 0) is 24.6 Å². The van der Waals surface area contributed by atoms with E-state index in [0.29, 0.717) is 18.7 Å². The van der Waals surface area contributed by atoms with Crippen molar-refractivity contribution in [2.75, 3.05) is 7.05 Å². The van der Waals surface area contributed by atoms with Crippen molar-refractivity contribution in [3.05, 3.63) is 77.6 Å². The highest BCUT2D eigenvalue weighted by atomic mass is 16.5. The fraction of sp³-hybridized carbons (Fsp3) is 0.263. The van der Waals surface area contributed by atoms with Crippen LogP contribution in [0.4, 0.5) is 0 Å². The van der Waals surface area contributed by atoms with Crippen molar-refractivity contribution in [3.8, 4) is 0 Å². The Hall–Kier alpha value is -2.82. The monoisotopic (exact) mass is 324 g/mol. The average Bonchev–Trinajstić information content (AvgIpc) is 3.25. The van der Waals surface area contributed by atoms with Crippen molar-refractivity contribution < 1.29 is 13.7 Å². The number of hydrogen-bond acceptors (Lipinski definition) is 4. The van der Waals surface area contributed by atoms with E-state index in [2.05, 4.69) is 5.16 Å². The van der Waals surface area contributed by atoms with E-state index in [0.717, 1.165) is 17.0 Å². The first-order chi connectivity index (χ1) is 11.6. The summed E-state index contributed by atoms with van der Waals surface area (Å²) < 4.78 is 10.7. The topological polar surface area (TPSA) is 59.5 Å². The van der Waals surface area contributed by atoms with Crippen LogP contribution in [-0.4, -0.2) is 23.0 Å². The van der Waals surface area contributed by atoms with E-state index in [1.54, 1.807) is 18.2 Å². The summed E-state index contributed by atoms with van der Waals surface area (Å²) in [6, 6.07) is 15.5. The molecule has 0 aliphatic carbocycles. The Labute approximate surface area is 140 Å². The van der Waals surface area contributed by atoms with Crippen LogP contribution in [0.2, 0.25) is 0 Å². The molecule has 124 valence electrons. The van der Waals surface area contributed by atoms with Crippen LogP contribution in [0.1, 0.15) is 35.1 Å². The van der Waals surface area contributed by atoms with Gasteiger partial charge in [0.25, 0.3) is 0 Å². The third-order valence-corrected chi connectivity index (χ3v) is 3.96. The third kappa shape index (κ3) is 3.74. The van der Waals surface area contributed by atoms with Gasteiger partial charge in [0, 0.05) is 19.5 Å². The molecule has 2 heterocycles. The van der Waals surface area contributed by atoms with Crippen molar-refractivity contribution in [1.29, 1.82) is 0 Å². The van der Waals surface area contributed by atoms with E-state index in [9.17, 15) is 4.79 Å². The molecule has 5 heteroatoms. The molecule has 3 rings (SSSR count). The molecule has 3 aromatic rings. The molecule has 1 amide bonds. The van der Waals surface area contributed by atoms with Crippen LogP contribution in [0.5, 0.6) is 0 Å². The van der Waals surface area contributed by atoms with Crippen LogP contribution in [0.25, 0.3) is 0 Å². The average molecular weight is 324 g/mol. The minimum Gasteiger partial charge on any atom is -0.469 e. The molecule has 0 fully saturated rings. The van der Waals surface area contributed by atoms with Crippen LogP contribution in [-0.2, 0) is 11.3 Å². The maximum atomic E-state index is 12.7. The lowest BCUT2D eigenvalue weighted by atomic mass is 9.93. The molecule has 0 bridgehead atoms. The van der Waals surface area contributed by atoms with Crippen molar-refractivity contribution in [3.63, 3.8) is 0 Å². The van der Waals surface area contributed by atoms with Gasteiger partial charge >= 0.3 is 0 Å². The predicted octanol–water partition coefficient (Wildman–Crippen LogP) is 3.76. The molecule has 5 nitrogen and oxygen atoms in total. The van der Waals surface area contributed by atoms with Crippen molar-refractivity contribution in [1.82, 2.24) is 10.1 Å². The second-order valence-electron chi connectivity index (χ2n) is 5.87. The lowest BCUT2D eigenvalue weighted by Crippen LogP contribution is -2.27. The molecule has 1 unspecified atom stereocenters. The number of carbonyl (C=O) groups is 1. The van der Waals surface area contributed by atoms with E-state index in [-0.39, 0.29) is 11.8 Å². The first-order valence-corrected chi connectivity index (χ1v) is 7.88. The molecule has 0 aliphatic heterocycles. The molecule has 0 aliphatic rings. The Morgan fingerprint density at radius 3 is 2.62 bits per heavy atom. The first-order valence-electron chi connectivity index (χ1n) is 7.88. The SMILES string of the molecule is Cc1cc(CN(C)C(=O)CC(c2ccccc2)c2ccco2)on1. The number of hydrogen-bond donors (Lipinski definition) is 0. The number of aromatic nitrogens is 1. The summed E-state index contributed by atoms with van der Waals surface area (Å²) in [6.45, 7) is 2.26. The summed E-state index contributed by atoms with van der Waals surface area (Å²) >= 11 is 0. The van der Waals surface area contributed by atoms with Gasteiger partial charge in [-0.15, -0.1) is 0 Å². The Bertz CT molecular complexity index is 778. The van der Waals surface area contributed by atoms with Crippen LogP contribution in [0.15, 0.2) is 63.7 Å². The summed E-state index contributed by atoms with van der Waals surface area (Å²) in [5.41, 5.74) is 1.87. The van der Waals surface area contributed by atoms with Crippen molar-refractivity contribution in [2.24, 2.45) is 0 Å². The van der Waals surface area contributed by atoms with Crippen LogP contribution in [0, 0.1) is 6.92 Å². The van der Waals surface area contributed by atoms with Gasteiger partial charge < -0.3 is 13.8 Å². The Morgan fingerprint density at radius 1 is 1.21 bits per heavy atom. The molecule has 24 heavy (non-hydrogen) atoms. The summed E-state index contributed by atoms with van der Waals surface area (Å²) in [5.74, 6) is 1.39. The summed E-state index contributed by atoms with van der Waals surface area (Å²) in [7, 11) is 1.77. The fourth-order valence-electron chi connectivity index (χ4n) is 2.70. The highest BCUT2D eigenvalue weighted by Gasteiger charge is 2.23. The lowest BCUT2D eigenvalue weighted by molar-refractivity contribution is -0.131. The number of nitrogens with zero attached hydrogens (tertiary/aromatic N) is 2. The van der Waals surface area contributed by atoms with Gasteiger partial charge in [0.2, 0.25) is 5.91 Å². The molecule has 2 aromatic heterocycles. The first kappa shape index (κ1) is 16.1. The molecule has 1 atom stereocenters. The zero-order valence-corrected chi connectivity index (χ0v) is 13.8. The van der Waals surface area contributed by atoms with E-state index < -0.39 is 0 Å². The number of carbonyl (C=O) groups excluding carboxylic acids is 1. The zero-order chi connectivity index (χ0) is 16.9. The van der Waals surface area contributed by atoms with Gasteiger partial charge in [0.15, 0.2) is 5.76 Å². The largest absolute Gasteiger partial charge is 0.469 e. The number of amides is 1. The Balaban J connectivity index is 1.73. The van der Waals surface area contributed by atoms with Crippen LogP contribution < -0.4 is 0 Å². The maximum absolute atomic E-state index is 12.7. The van der Waals surface area contributed by atoms with Gasteiger partial charge in [-0.2, -0.15) is 0 Å². The van der Waals surface area contributed by atoms with Gasteiger partial charge in [0.1, 0.15) is 5.76 Å². The molecule has 0 spiro atoms. The smallest absolute Gasteiger partial charge is 0.223 e. The molecule has 0 N–H and O–H groups in total. The van der Waals surface area contributed by atoms with E-state index >= 15 is 0 Å². The van der Waals surface area contributed by atoms with E-state index in [1.807, 2.05) is 55.5 Å². The highest BCUT2D eigenvalue weighted by molar-refractivity contribution is 5.77. The number of aryl methyl sites for hydroxylation is 1. The van der Waals surface area contributed by atoms with Crippen molar-refractivity contribution in [2.45, 2.75) is 25.8 Å². The minimum atomic E-state index is -0.104. The highest BCUT2D eigenvalue weighted by Crippen LogP contribution is 2.29. The molecular weight excluding hydrogens is 304 g/mol. The zero-order valence-electron chi connectivity index (χ0n) is 13.8. The molecule has 0 radical (unpaired) electrons. The van der Waals surface area contributed by atoms with Crippen molar-refractivity contribution >= 4 is 5.91 Å². The summed E-state index contributed by atoms with van der Waals surface area (Å²) in [5, 5.41) is 3.85. The standard InChI is InChI=1S/C19H20N2O3/c1-14-11-16(24-20-14)13-21(2)19(22)12-17(18-9-6-10-23-18)15-7-4-3-5-8-15/h3-11,17H,12-13H2,1-2H3. The predicted molar refractivity (Wildman–Crippen MR) is 89.3 cm³/mol. The molecule has 0 saturated carbocycles. The quantitative estimate of drug-likeness (QED) is 0.693. The molecule has 0 saturated heterocycles. The lowest BCUT2D eigenvalue weighted by Gasteiger charge is -2.20.